The van der Waals surface area contributed by atoms with Gasteiger partial charge in [-0.1, -0.05) is 6.92 Å². The molecule has 0 aliphatic carbocycles. The molecule has 0 bridgehead atoms. The second kappa shape index (κ2) is 13.2. The van der Waals surface area contributed by atoms with E-state index in [-0.39, 0.29) is 6.10 Å². The molecule has 0 aromatic rings. The van der Waals surface area contributed by atoms with E-state index in [1.807, 2.05) is 0 Å². The van der Waals surface area contributed by atoms with Crippen LogP contribution in [0.1, 0.15) is 20.8 Å². The second-order valence-corrected chi connectivity index (χ2v) is 9.87. The lowest BCUT2D eigenvalue weighted by Gasteiger charge is -2.48. The average Bonchev–Trinajstić information content (AvgIpc) is 2.87. The molecule has 3 heterocycles. The predicted octanol–water partition coefficient (Wildman–Crippen LogP) is -4.87. The van der Waals surface area contributed by atoms with E-state index in [9.17, 15) is 46.0 Å². The first kappa shape index (κ1) is 30.9. The van der Waals surface area contributed by atoms with Crippen LogP contribution < -0.4 is 0 Å². The number of aliphatic hydroxyl groups is 9. The molecule has 15 atom stereocenters. The molecule has 0 radical (unpaired) electrons. The van der Waals surface area contributed by atoms with Crippen molar-refractivity contribution in [2.75, 3.05) is 19.8 Å². The lowest BCUT2D eigenvalue weighted by Crippen LogP contribution is -2.66. The Hall–Kier alpha value is -0.600. The third-order valence-electron chi connectivity index (χ3n) is 6.82. The van der Waals surface area contributed by atoms with Crippen molar-refractivity contribution in [3.05, 3.63) is 0 Å². The molecular weight excluding hydrogens is 504 g/mol. The van der Waals surface area contributed by atoms with E-state index in [4.69, 9.17) is 28.4 Å². The van der Waals surface area contributed by atoms with Crippen LogP contribution in [-0.2, 0) is 28.4 Å². The van der Waals surface area contributed by atoms with Crippen molar-refractivity contribution < 1.29 is 74.4 Å². The molecule has 0 amide bonds. The van der Waals surface area contributed by atoms with E-state index in [0.29, 0.717) is 0 Å². The van der Waals surface area contributed by atoms with Crippen LogP contribution >= 0.6 is 0 Å². The van der Waals surface area contributed by atoms with E-state index in [0.717, 1.165) is 0 Å². The average molecular weight is 545 g/mol. The summed E-state index contributed by atoms with van der Waals surface area (Å²) in [7, 11) is 0. The highest BCUT2D eigenvalue weighted by atomic mass is 16.8. The lowest BCUT2D eigenvalue weighted by atomic mass is 9.92. The van der Waals surface area contributed by atoms with Gasteiger partial charge in [-0.05, 0) is 13.8 Å². The molecule has 218 valence electrons. The largest absolute Gasteiger partial charge is 0.394 e. The van der Waals surface area contributed by atoms with Gasteiger partial charge in [-0.3, -0.25) is 0 Å². The normalized spacial score (nSPS) is 49.4. The smallest absolute Gasteiger partial charge is 0.187 e. The first-order valence-corrected chi connectivity index (χ1v) is 12.3. The van der Waals surface area contributed by atoms with Crippen LogP contribution in [0.2, 0.25) is 0 Å². The summed E-state index contributed by atoms with van der Waals surface area (Å²) in [6, 6.07) is 0. The van der Waals surface area contributed by atoms with E-state index in [1.165, 1.54) is 6.92 Å². The van der Waals surface area contributed by atoms with Gasteiger partial charge >= 0.3 is 0 Å². The molecule has 0 aromatic heterocycles. The summed E-state index contributed by atoms with van der Waals surface area (Å²) in [5.74, 6) is -0.821. The number of rotatable bonds is 9. The molecule has 3 rings (SSSR count). The minimum Gasteiger partial charge on any atom is -0.394 e. The molecule has 3 aliphatic rings. The number of hydrogen-bond donors (Lipinski definition) is 9. The highest BCUT2D eigenvalue weighted by molar-refractivity contribution is 4.96. The maximum atomic E-state index is 10.8. The number of aliphatic hydroxyl groups excluding tert-OH is 9. The number of ether oxygens (including phenoxy) is 6. The van der Waals surface area contributed by atoms with Gasteiger partial charge in [0.05, 0.1) is 32.0 Å². The van der Waals surface area contributed by atoms with Gasteiger partial charge in [0.2, 0.25) is 0 Å². The van der Waals surface area contributed by atoms with Crippen LogP contribution in [0.3, 0.4) is 0 Å². The van der Waals surface area contributed by atoms with Crippen molar-refractivity contribution in [2.24, 2.45) is 5.92 Å². The summed E-state index contributed by atoms with van der Waals surface area (Å²) in [4.78, 5) is 0. The zero-order valence-electron chi connectivity index (χ0n) is 20.8. The summed E-state index contributed by atoms with van der Waals surface area (Å²) in [6.07, 6.45) is -20.5. The Morgan fingerprint density at radius 2 is 1.00 bits per heavy atom. The number of hydrogen-bond acceptors (Lipinski definition) is 15. The van der Waals surface area contributed by atoms with Gasteiger partial charge in [0.15, 0.2) is 18.9 Å². The molecule has 3 fully saturated rings. The quantitative estimate of drug-likeness (QED) is 0.132. The fourth-order valence-corrected chi connectivity index (χ4v) is 4.62. The van der Waals surface area contributed by atoms with Gasteiger partial charge in [-0.25, -0.2) is 0 Å². The molecule has 15 nitrogen and oxygen atoms in total. The Kier molecular flexibility index (Phi) is 11.0. The van der Waals surface area contributed by atoms with Gasteiger partial charge in [0, 0.05) is 5.92 Å². The third kappa shape index (κ3) is 6.59. The van der Waals surface area contributed by atoms with Crippen LogP contribution in [0.25, 0.3) is 0 Å². The first-order valence-electron chi connectivity index (χ1n) is 12.3. The Balaban J connectivity index is 1.71. The van der Waals surface area contributed by atoms with E-state index in [1.54, 1.807) is 13.8 Å². The Bertz CT molecular complexity index is 693. The Morgan fingerprint density at radius 1 is 0.568 bits per heavy atom. The van der Waals surface area contributed by atoms with Crippen molar-refractivity contribution in [3.63, 3.8) is 0 Å². The van der Waals surface area contributed by atoms with Gasteiger partial charge in [-0.15, -0.1) is 0 Å². The van der Waals surface area contributed by atoms with Crippen molar-refractivity contribution >= 4 is 0 Å². The third-order valence-corrected chi connectivity index (χ3v) is 6.82. The highest BCUT2D eigenvalue weighted by Crippen LogP contribution is 2.34. The minimum atomic E-state index is -1.80. The first-order chi connectivity index (χ1) is 17.4. The Labute approximate surface area is 213 Å². The molecule has 9 N–H and O–H groups in total. The van der Waals surface area contributed by atoms with Crippen molar-refractivity contribution in [1.82, 2.24) is 0 Å². The Morgan fingerprint density at radius 3 is 1.49 bits per heavy atom. The van der Waals surface area contributed by atoms with Gasteiger partial charge in [-0.2, -0.15) is 0 Å². The van der Waals surface area contributed by atoms with Crippen LogP contribution in [0.5, 0.6) is 0 Å². The van der Waals surface area contributed by atoms with Crippen LogP contribution in [0.15, 0.2) is 0 Å². The molecule has 37 heavy (non-hydrogen) atoms. The zero-order chi connectivity index (χ0) is 27.6. The summed E-state index contributed by atoms with van der Waals surface area (Å²) < 4.78 is 33.4. The molecule has 15 unspecified atom stereocenters. The van der Waals surface area contributed by atoms with Crippen molar-refractivity contribution in [2.45, 2.75) is 113 Å². The fourth-order valence-electron chi connectivity index (χ4n) is 4.62. The van der Waals surface area contributed by atoms with E-state index >= 15 is 0 Å². The summed E-state index contributed by atoms with van der Waals surface area (Å²) >= 11 is 0. The standard InChI is InChI=1S/C22H40O15/c1-7(2)32-21-16(30)14(28)19(11(6-25)34-21)37-22-17(31)15(29)18(10(5-24)35-22)36-20-8(3)12(26)13(27)9(4-23)33-20/h7-31H,4-6H2,1-3H3. The summed E-state index contributed by atoms with van der Waals surface area (Å²) in [5.41, 5.74) is 0. The maximum absolute atomic E-state index is 10.8. The highest BCUT2D eigenvalue weighted by Gasteiger charge is 2.53. The molecule has 0 saturated carbocycles. The molecule has 3 aliphatic heterocycles. The summed E-state index contributed by atoms with van der Waals surface area (Å²) in [6.45, 7) is 2.88. The van der Waals surface area contributed by atoms with Gasteiger partial charge < -0.3 is 74.4 Å². The molecule has 15 heteroatoms. The minimum absolute atomic E-state index is 0.363. The molecule has 0 spiro atoms. The van der Waals surface area contributed by atoms with Crippen LogP contribution in [-0.4, -0.2) is 158 Å². The van der Waals surface area contributed by atoms with E-state index in [2.05, 4.69) is 0 Å². The topological polar surface area (TPSA) is 237 Å². The second-order valence-electron chi connectivity index (χ2n) is 9.87. The fraction of sp³-hybridized carbons (Fsp3) is 1.00. The molecule has 3 saturated heterocycles. The maximum Gasteiger partial charge on any atom is 0.187 e. The summed E-state index contributed by atoms with van der Waals surface area (Å²) in [5, 5.41) is 91.9. The van der Waals surface area contributed by atoms with E-state index < -0.39 is 112 Å². The van der Waals surface area contributed by atoms with Crippen LogP contribution in [0.4, 0.5) is 0 Å². The zero-order valence-corrected chi connectivity index (χ0v) is 20.8. The molecule has 0 aromatic carbocycles. The van der Waals surface area contributed by atoms with Crippen molar-refractivity contribution in [1.29, 1.82) is 0 Å². The predicted molar refractivity (Wildman–Crippen MR) is 118 cm³/mol. The molecular formula is C22H40O15. The monoisotopic (exact) mass is 544 g/mol. The van der Waals surface area contributed by atoms with Crippen LogP contribution in [0, 0.1) is 5.92 Å². The van der Waals surface area contributed by atoms with Crippen molar-refractivity contribution in [3.8, 4) is 0 Å². The SMILES string of the molecule is CC(C)OC1OC(CO)C(OC2OC(CO)C(OC3OC(CO)C(O)C(O)C3C)C(O)C2O)C(O)C1O. The van der Waals surface area contributed by atoms with Gasteiger partial charge in [0.25, 0.3) is 0 Å². The van der Waals surface area contributed by atoms with Gasteiger partial charge in [0.1, 0.15) is 61.0 Å². The lowest BCUT2D eigenvalue weighted by molar-refractivity contribution is -0.377.